The quantitative estimate of drug-likeness (QED) is 0.820. The molecule has 2 aliphatic rings. The third-order valence-electron chi connectivity index (χ3n) is 5.19. The highest BCUT2D eigenvalue weighted by Gasteiger charge is 2.58. The van der Waals surface area contributed by atoms with Gasteiger partial charge in [0.05, 0.1) is 18.3 Å². The van der Waals surface area contributed by atoms with Gasteiger partial charge < -0.3 is 20.1 Å². The zero-order chi connectivity index (χ0) is 14.3. The second-order valence-corrected chi connectivity index (χ2v) is 6.43. The monoisotopic (exact) mass is 306 g/mol. The molecular formula is C14H27ClN2O3. The van der Waals surface area contributed by atoms with Crippen molar-refractivity contribution in [3.8, 4) is 0 Å². The normalized spacial score (nSPS) is 39.4. The Balaban J connectivity index is 0.00000200. The maximum Gasteiger partial charge on any atom is 0.240 e. The molecule has 1 saturated carbocycles. The fourth-order valence-corrected chi connectivity index (χ4v) is 3.01. The van der Waals surface area contributed by atoms with Gasteiger partial charge in [0.15, 0.2) is 0 Å². The molecule has 2 N–H and O–H groups in total. The van der Waals surface area contributed by atoms with Gasteiger partial charge in [-0.3, -0.25) is 4.79 Å². The van der Waals surface area contributed by atoms with Crippen LogP contribution in [0.1, 0.15) is 34.1 Å². The number of rotatable bonds is 3. The molecule has 0 radical (unpaired) electrons. The van der Waals surface area contributed by atoms with Crippen molar-refractivity contribution < 1.29 is 14.3 Å². The number of ether oxygens (including phenoxy) is 2. The number of methoxy groups -OCH3 is 1. The lowest BCUT2D eigenvalue weighted by Gasteiger charge is -2.59. The van der Waals surface area contributed by atoms with Crippen molar-refractivity contribution >= 4 is 18.3 Å². The van der Waals surface area contributed by atoms with Gasteiger partial charge in [0.1, 0.15) is 6.04 Å². The van der Waals surface area contributed by atoms with Gasteiger partial charge in [-0.05, 0) is 20.3 Å². The molecule has 1 amide bonds. The SMILES string of the molecule is COC1(C)CC(NC(=O)[C@H]2NCCO[C@@H]2C)C1(C)C.Cl. The Kier molecular flexibility index (Phi) is 5.46. The highest BCUT2D eigenvalue weighted by Crippen LogP contribution is 2.51. The Hall–Kier alpha value is -0.360. The Labute approximate surface area is 127 Å². The predicted molar refractivity (Wildman–Crippen MR) is 80.2 cm³/mol. The van der Waals surface area contributed by atoms with E-state index in [0.29, 0.717) is 6.61 Å². The highest BCUT2D eigenvalue weighted by molar-refractivity contribution is 5.85. The van der Waals surface area contributed by atoms with E-state index in [1.54, 1.807) is 7.11 Å². The molecular weight excluding hydrogens is 280 g/mol. The van der Waals surface area contributed by atoms with Crippen LogP contribution in [0.5, 0.6) is 0 Å². The topological polar surface area (TPSA) is 59.6 Å². The summed E-state index contributed by atoms with van der Waals surface area (Å²) in [6.07, 6.45) is 0.773. The summed E-state index contributed by atoms with van der Waals surface area (Å²) < 4.78 is 11.1. The maximum absolute atomic E-state index is 12.3. The average molecular weight is 307 g/mol. The van der Waals surface area contributed by atoms with Gasteiger partial charge in [0, 0.05) is 25.1 Å². The molecule has 1 aliphatic heterocycles. The van der Waals surface area contributed by atoms with E-state index in [-0.39, 0.29) is 47.5 Å². The number of amides is 1. The van der Waals surface area contributed by atoms with E-state index in [1.807, 2.05) is 6.92 Å². The molecule has 2 unspecified atom stereocenters. The van der Waals surface area contributed by atoms with Crippen molar-refractivity contribution in [2.45, 2.75) is 57.9 Å². The van der Waals surface area contributed by atoms with Crippen LogP contribution >= 0.6 is 12.4 Å². The number of carbonyl (C=O) groups is 1. The molecule has 0 spiro atoms. The lowest BCUT2D eigenvalue weighted by atomic mass is 9.55. The summed E-state index contributed by atoms with van der Waals surface area (Å²) in [5, 5.41) is 6.35. The van der Waals surface area contributed by atoms with Crippen LogP contribution in [-0.2, 0) is 14.3 Å². The minimum absolute atomic E-state index is 0. The van der Waals surface area contributed by atoms with E-state index in [9.17, 15) is 4.79 Å². The molecule has 2 fully saturated rings. The van der Waals surface area contributed by atoms with Gasteiger partial charge in [-0.2, -0.15) is 0 Å². The second-order valence-electron chi connectivity index (χ2n) is 6.43. The number of hydrogen-bond donors (Lipinski definition) is 2. The number of halogens is 1. The minimum Gasteiger partial charge on any atom is -0.378 e. The molecule has 0 bridgehead atoms. The summed E-state index contributed by atoms with van der Waals surface area (Å²) in [6, 6.07) is -0.0974. The summed E-state index contributed by atoms with van der Waals surface area (Å²) in [6.45, 7) is 9.70. The average Bonchev–Trinajstić information content (AvgIpc) is 2.38. The largest absolute Gasteiger partial charge is 0.378 e. The molecule has 1 heterocycles. The zero-order valence-electron chi connectivity index (χ0n) is 13.0. The van der Waals surface area contributed by atoms with E-state index in [1.165, 1.54) is 0 Å². The zero-order valence-corrected chi connectivity index (χ0v) is 13.8. The van der Waals surface area contributed by atoms with Crippen LogP contribution in [0.15, 0.2) is 0 Å². The number of morpholine rings is 1. The summed E-state index contributed by atoms with van der Waals surface area (Å²) >= 11 is 0. The molecule has 1 saturated heterocycles. The fraction of sp³-hybridized carbons (Fsp3) is 0.929. The maximum atomic E-state index is 12.3. The first-order valence-electron chi connectivity index (χ1n) is 7.02. The molecule has 20 heavy (non-hydrogen) atoms. The fourth-order valence-electron chi connectivity index (χ4n) is 3.01. The Morgan fingerprint density at radius 3 is 2.55 bits per heavy atom. The van der Waals surface area contributed by atoms with Crippen LogP contribution in [0.25, 0.3) is 0 Å². The molecule has 6 heteroatoms. The molecule has 0 aromatic heterocycles. The van der Waals surface area contributed by atoms with Crippen LogP contribution < -0.4 is 10.6 Å². The van der Waals surface area contributed by atoms with Crippen molar-refractivity contribution in [3.05, 3.63) is 0 Å². The molecule has 1 aliphatic carbocycles. The first-order valence-corrected chi connectivity index (χ1v) is 7.02. The third-order valence-corrected chi connectivity index (χ3v) is 5.19. The van der Waals surface area contributed by atoms with Gasteiger partial charge in [-0.1, -0.05) is 13.8 Å². The van der Waals surface area contributed by atoms with Crippen LogP contribution in [0.2, 0.25) is 0 Å². The molecule has 0 aromatic carbocycles. The van der Waals surface area contributed by atoms with Gasteiger partial charge in [-0.25, -0.2) is 0 Å². The summed E-state index contributed by atoms with van der Waals surface area (Å²) in [5.74, 6) is 0.0310. The first-order chi connectivity index (χ1) is 8.82. The van der Waals surface area contributed by atoms with Crippen molar-refractivity contribution in [2.24, 2.45) is 5.41 Å². The second kappa shape index (κ2) is 6.18. The van der Waals surface area contributed by atoms with Crippen LogP contribution in [0.4, 0.5) is 0 Å². The van der Waals surface area contributed by atoms with E-state index >= 15 is 0 Å². The summed E-state index contributed by atoms with van der Waals surface area (Å²) in [4.78, 5) is 12.3. The van der Waals surface area contributed by atoms with Crippen LogP contribution in [0.3, 0.4) is 0 Å². The Bertz CT molecular complexity index is 364. The number of nitrogens with one attached hydrogen (secondary N) is 2. The lowest BCUT2D eigenvalue weighted by molar-refractivity contribution is -0.183. The Morgan fingerprint density at radius 1 is 1.40 bits per heavy atom. The summed E-state index contributed by atoms with van der Waals surface area (Å²) in [5.41, 5.74) is -0.219. The smallest absolute Gasteiger partial charge is 0.240 e. The lowest BCUT2D eigenvalue weighted by Crippen LogP contribution is -2.70. The van der Waals surface area contributed by atoms with Crippen molar-refractivity contribution in [1.82, 2.24) is 10.6 Å². The minimum atomic E-state index is -0.251. The molecule has 5 nitrogen and oxygen atoms in total. The van der Waals surface area contributed by atoms with E-state index in [4.69, 9.17) is 9.47 Å². The number of carbonyl (C=O) groups excluding carboxylic acids is 1. The molecule has 4 atom stereocenters. The molecule has 0 aromatic rings. The van der Waals surface area contributed by atoms with E-state index < -0.39 is 0 Å². The van der Waals surface area contributed by atoms with Gasteiger partial charge in [0.25, 0.3) is 0 Å². The van der Waals surface area contributed by atoms with E-state index in [2.05, 4.69) is 31.4 Å². The Morgan fingerprint density at radius 2 is 2.05 bits per heavy atom. The molecule has 2 rings (SSSR count). The van der Waals surface area contributed by atoms with Crippen molar-refractivity contribution in [3.63, 3.8) is 0 Å². The predicted octanol–water partition coefficient (Wildman–Crippen LogP) is 1.10. The molecule has 118 valence electrons. The van der Waals surface area contributed by atoms with Crippen LogP contribution in [0, 0.1) is 5.41 Å². The first kappa shape index (κ1) is 17.7. The van der Waals surface area contributed by atoms with E-state index in [0.717, 1.165) is 13.0 Å². The highest BCUT2D eigenvalue weighted by atomic mass is 35.5. The van der Waals surface area contributed by atoms with Crippen molar-refractivity contribution in [2.75, 3.05) is 20.3 Å². The van der Waals surface area contributed by atoms with Gasteiger partial charge in [-0.15, -0.1) is 12.4 Å². The number of hydrogen-bond acceptors (Lipinski definition) is 4. The summed E-state index contributed by atoms with van der Waals surface area (Å²) in [7, 11) is 1.73. The standard InChI is InChI=1S/C14H26N2O3.ClH/c1-9-11(15-6-7-19-9)12(17)16-10-8-14(4,18-5)13(10,2)3;/h9-11,15H,6-8H2,1-5H3,(H,16,17);1H/t9-,10?,11+,14?;/m1./s1. The van der Waals surface area contributed by atoms with Gasteiger partial charge >= 0.3 is 0 Å². The van der Waals surface area contributed by atoms with Gasteiger partial charge in [0.2, 0.25) is 5.91 Å². The third kappa shape index (κ3) is 2.82. The van der Waals surface area contributed by atoms with Crippen LogP contribution in [-0.4, -0.2) is 50.0 Å². The van der Waals surface area contributed by atoms with Crippen molar-refractivity contribution in [1.29, 1.82) is 0 Å².